The van der Waals surface area contributed by atoms with Crippen LogP contribution in [0.3, 0.4) is 0 Å². The summed E-state index contributed by atoms with van der Waals surface area (Å²) in [6, 6.07) is 9.87. The van der Waals surface area contributed by atoms with Crippen molar-refractivity contribution in [2.45, 2.75) is 52.4 Å². The Morgan fingerprint density at radius 2 is 1.91 bits per heavy atom. The summed E-state index contributed by atoms with van der Waals surface area (Å²) in [6.45, 7) is 11.7. The fourth-order valence-corrected chi connectivity index (χ4v) is 4.68. The van der Waals surface area contributed by atoms with Crippen molar-refractivity contribution in [2.75, 3.05) is 29.9 Å². The quantitative estimate of drug-likeness (QED) is 0.539. The van der Waals surface area contributed by atoms with Gasteiger partial charge in [0.2, 0.25) is 5.91 Å². The van der Waals surface area contributed by atoms with E-state index in [9.17, 15) is 9.59 Å². The third kappa shape index (κ3) is 6.26. The Labute approximate surface area is 209 Å². The van der Waals surface area contributed by atoms with E-state index in [-0.39, 0.29) is 35.9 Å². The molecule has 0 aliphatic carbocycles. The van der Waals surface area contributed by atoms with Crippen molar-refractivity contribution in [3.05, 3.63) is 47.6 Å². The number of morpholine rings is 1. The van der Waals surface area contributed by atoms with E-state index in [2.05, 4.69) is 51.6 Å². The zero-order chi connectivity index (χ0) is 25.2. The first-order valence-corrected chi connectivity index (χ1v) is 12.6. The second kappa shape index (κ2) is 10.2. The summed E-state index contributed by atoms with van der Waals surface area (Å²) in [5, 5.41) is 12.0. The highest BCUT2D eigenvalue weighted by atomic mass is 32.1. The Balaban J connectivity index is 1.34. The second-order valence-electron chi connectivity index (χ2n) is 9.80. The smallest absolute Gasteiger partial charge is 0.272 e. The van der Waals surface area contributed by atoms with Gasteiger partial charge in [-0.25, -0.2) is 4.98 Å². The molecule has 35 heavy (non-hydrogen) atoms. The van der Waals surface area contributed by atoms with Crippen molar-refractivity contribution in [3.8, 4) is 11.3 Å². The molecule has 186 valence electrons. The lowest BCUT2D eigenvalue weighted by Gasteiger charge is -2.37. The summed E-state index contributed by atoms with van der Waals surface area (Å²) in [7, 11) is 0. The third-order valence-corrected chi connectivity index (χ3v) is 6.35. The third-order valence-electron chi connectivity index (χ3n) is 5.60. The van der Waals surface area contributed by atoms with E-state index in [1.807, 2.05) is 38.3 Å². The van der Waals surface area contributed by atoms with Gasteiger partial charge in [-0.05, 0) is 52.8 Å². The summed E-state index contributed by atoms with van der Waals surface area (Å²) < 4.78 is 7.56. The van der Waals surface area contributed by atoms with Gasteiger partial charge in [0.25, 0.3) is 5.91 Å². The molecule has 1 saturated heterocycles. The molecule has 2 N–H and O–H groups in total. The first kappa shape index (κ1) is 24.9. The molecule has 3 aromatic rings. The highest BCUT2D eigenvalue weighted by molar-refractivity contribution is 7.14. The number of ether oxygens (including phenoxy) is 1. The number of nitrogens with zero attached hydrogens (tertiary/aromatic N) is 4. The minimum absolute atomic E-state index is 0.168. The molecule has 1 aliphatic heterocycles. The molecule has 0 radical (unpaired) electrons. The fraction of sp³-hybridized carbons (Fsp3) is 0.440. The van der Waals surface area contributed by atoms with Crippen LogP contribution in [0.1, 0.15) is 45.1 Å². The number of rotatable bonds is 6. The van der Waals surface area contributed by atoms with Gasteiger partial charge in [-0.15, -0.1) is 11.3 Å². The lowest BCUT2D eigenvalue weighted by atomic mass is 10.1. The zero-order valence-corrected chi connectivity index (χ0v) is 21.6. The van der Waals surface area contributed by atoms with Crippen LogP contribution in [0.5, 0.6) is 0 Å². The average molecular weight is 497 g/mol. The first-order chi connectivity index (χ1) is 16.6. The first-order valence-electron chi connectivity index (χ1n) is 11.7. The largest absolute Gasteiger partial charge is 0.372 e. The molecule has 1 aromatic carbocycles. The van der Waals surface area contributed by atoms with Gasteiger partial charge in [0.1, 0.15) is 5.69 Å². The Morgan fingerprint density at radius 1 is 1.17 bits per heavy atom. The second-order valence-corrected chi connectivity index (χ2v) is 10.7. The number of amides is 2. The van der Waals surface area contributed by atoms with Gasteiger partial charge in [0, 0.05) is 35.9 Å². The van der Waals surface area contributed by atoms with E-state index in [0.717, 1.165) is 30.0 Å². The number of carbonyl (C=O) groups excluding carboxylic acids is 2. The molecule has 0 spiro atoms. The van der Waals surface area contributed by atoms with E-state index < -0.39 is 5.91 Å². The van der Waals surface area contributed by atoms with Crippen molar-refractivity contribution in [3.63, 3.8) is 0 Å². The lowest BCUT2D eigenvalue weighted by Crippen LogP contribution is -2.45. The number of hydrogen-bond acceptors (Lipinski definition) is 7. The maximum atomic E-state index is 12.4. The van der Waals surface area contributed by atoms with Crippen LogP contribution in [0, 0.1) is 0 Å². The van der Waals surface area contributed by atoms with Crippen LogP contribution in [-0.4, -0.2) is 58.4 Å². The van der Waals surface area contributed by atoms with E-state index in [4.69, 9.17) is 4.74 Å². The molecule has 4 rings (SSSR count). The maximum Gasteiger partial charge on any atom is 0.272 e. The number of hydrogen-bond donors (Lipinski definition) is 2. The standard InChI is InChI=1S/C25H32N6O3S/c1-16-13-30(14-17(2)34-16)19-8-6-7-18(11-19)21-15-35-24(27-21)28-22(32)12-26-23(33)20-9-10-31(29-20)25(3,4)5/h6-11,15-17H,12-14H2,1-5H3,(H,26,33)(H,27,28,32)/t16-,17+. The topological polar surface area (TPSA) is 101 Å². The van der Waals surface area contributed by atoms with Crippen molar-refractivity contribution in [2.24, 2.45) is 0 Å². The Morgan fingerprint density at radius 3 is 2.60 bits per heavy atom. The Bertz CT molecular complexity index is 1190. The van der Waals surface area contributed by atoms with Gasteiger partial charge in [-0.3, -0.25) is 14.3 Å². The van der Waals surface area contributed by atoms with Crippen LogP contribution < -0.4 is 15.5 Å². The van der Waals surface area contributed by atoms with Gasteiger partial charge in [0.15, 0.2) is 5.13 Å². The number of anilines is 2. The minimum atomic E-state index is -0.397. The monoisotopic (exact) mass is 496 g/mol. The van der Waals surface area contributed by atoms with Gasteiger partial charge >= 0.3 is 0 Å². The Hall–Kier alpha value is -3.24. The van der Waals surface area contributed by atoms with Crippen molar-refractivity contribution >= 4 is 34.0 Å². The predicted molar refractivity (Wildman–Crippen MR) is 138 cm³/mol. The number of thiazole rings is 1. The summed E-state index contributed by atoms with van der Waals surface area (Å²) in [6.07, 6.45) is 2.11. The summed E-state index contributed by atoms with van der Waals surface area (Å²) in [4.78, 5) is 31.6. The van der Waals surface area contributed by atoms with Crippen molar-refractivity contribution in [1.82, 2.24) is 20.1 Å². The summed E-state index contributed by atoms with van der Waals surface area (Å²) in [5.41, 5.74) is 2.94. The zero-order valence-electron chi connectivity index (χ0n) is 20.7. The van der Waals surface area contributed by atoms with Crippen molar-refractivity contribution in [1.29, 1.82) is 0 Å². The number of benzene rings is 1. The van der Waals surface area contributed by atoms with E-state index in [1.165, 1.54) is 11.3 Å². The number of nitrogens with one attached hydrogen (secondary N) is 2. The molecule has 0 saturated carbocycles. The predicted octanol–water partition coefficient (Wildman–Crippen LogP) is 3.74. The van der Waals surface area contributed by atoms with Crippen LogP contribution in [-0.2, 0) is 15.1 Å². The van der Waals surface area contributed by atoms with Gasteiger partial charge < -0.3 is 20.3 Å². The van der Waals surface area contributed by atoms with Crippen LogP contribution >= 0.6 is 11.3 Å². The lowest BCUT2D eigenvalue weighted by molar-refractivity contribution is -0.115. The minimum Gasteiger partial charge on any atom is -0.372 e. The van der Waals surface area contributed by atoms with Gasteiger partial charge in [-0.2, -0.15) is 5.10 Å². The van der Waals surface area contributed by atoms with Crippen molar-refractivity contribution < 1.29 is 14.3 Å². The molecule has 3 heterocycles. The normalized spacial score (nSPS) is 18.4. The summed E-state index contributed by atoms with van der Waals surface area (Å²) >= 11 is 1.35. The molecule has 1 fully saturated rings. The SMILES string of the molecule is C[C@@H]1CN(c2cccc(-c3csc(NC(=O)CNC(=O)c4ccn(C(C)(C)C)n4)n3)c2)C[C@H](C)O1. The maximum absolute atomic E-state index is 12.4. The van der Waals surface area contributed by atoms with E-state index in [0.29, 0.717) is 5.13 Å². The molecule has 9 nitrogen and oxygen atoms in total. The molecule has 2 atom stereocenters. The van der Waals surface area contributed by atoms with Crippen LogP contribution in [0.2, 0.25) is 0 Å². The average Bonchev–Trinajstić information content (AvgIpc) is 3.47. The molecule has 0 bridgehead atoms. The van der Waals surface area contributed by atoms with E-state index in [1.54, 1.807) is 16.9 Å². The van der Waals surface area contributed by atoms with Gasteiger partial charge in [0.05, 0.1) is 30.0 Å². The van der Waals surface area contributed by atoms with Crippen LogP contribution in [0.4, 0.5) is 10.8 Å². The van der Waals surface area contributed by atoms with Crippen LogP contribution in [0.25, 0.3) is 11.3 Å². The molecule has 10 heteroatoms. The van der Waals surface area contributed by atoms with Crippen LogP contribution in [0.15, 0.2) is 41.9 Å². The summed E-state index contributed by atoms with van der Waals surface area (Å²) in [5.74, 6) is -0.744. The molecule has 1 aliphatic rings. The molecule has 0 unspecified atom stereocenters. The number of carbonyl (C=O) groups is 2. The Kier molecular flexibility index (Phi) is 7.23. The molecule has 2 amide bonds. The van der Waals surface area contributed by atoms with E-state index >= 15 is 0 Å². The molecule has 2 aromatic heterocycles. The molecular formula is C25H32N6O3S. The van der Waals surface area contributed by atoms with Gasteiger partial charge in [-0.1, -0.05) is 12.1 Å². The fourth-order valence-electron chi connectivity index (χ4n) is 3.95. The highest BCUT2D eigenvalue weighted by Crippen LogP contribution is 2.29. The molecular weight excluding hydrogens is 464 g/mol. The number of aromatic nitrogens is 3. The highest BCUT2D eigenvalue weighted by Gasteiger charge is 2.23.